The summed E-state index contributed by atoms with van der Waals surface area (Å²) in [5.41, 5.74) is 1.42. The molecule has 0 aliphatic rings. The zero-order valence-electron chi connectivity index (χ0n) is 7.15. The van der Waals surface area contributed by atoms with Crippen LogP contribution in [0.15, 0.2) is 11.6 Å². The predicted octanol–water partition coefficient (Wildman–Crippen LogP) is 3.75. The third-order valence-corrected chi connectivity index (χ3v) is 2.00. The fourth-order valence-corrected chi connectivity index (χ4v) is 1.17. The van der Waals surface area contributed by atoms with Crippen LogP contribution in [0.4, 0.5) is 0 Å². The molecule has 1 atom stereocenters. The van der Waals surface area contributed by atoms with Crippen molar-refractivity contribution in [2.45, 2.75) is 45.4 Å². The average molecular weight is 161 g/mol. The lowest BCUT2D eigenvalue weighted by Gasteiger charge is -2.05. The Morgan fingerprint density at radius 1 is 1.50 bits per heavy atom. The fourth-order valence-electron chi connectivity index (χ4n) is 0.925. The van der Waals surface area contributed by atoms with Crippen molar-refractivity contribution in [3.05, 3.63) is 11.6 Å². The van der Waals surface area contributed by atoms with Crippen LogP contribution in [0.3, 0.4) is 0 Å². The van der Waals surface area contributed by atoms with Crippen molar-refractivity contribution in [3.8, 4) is 0 Å². The van der Waals surface area contributed by atoms with Crippen molar-refractivity contribution in [3.63, 3.8) is 0 Å². The van der Waals surface area contributed by atoms with Gasteiger partial charge in [-0.3, -0.25) is 0 Å². The monoisotopic (exact) mass is 160 g/mol. The maximum Gasteiger partial charge on any atom is 0.0370 e. The summed E-state index contributed by atoms with van der Waals surface area (Å²) in [7, 11) is 0. The van der Waals surface area contributed by atoms with Crippen LogP contribution in [-0.4, -0.2) is 5.38 Å². The smallest absolute Gasteiger partial charge is 0.0370 e. The van der Waals surface area contributed by atoms with E-state index in [1.807, 2.05) is 0 Å². The molecule has 0 bridgehead atoms. The highest BCUT2D eigenvalue weighted by molar-refractivity contribution is 6.20. The normalized spacial score (nSPS) is 15.4. The molecule has 0 aromatic carbocycles. The molecule has 0 spiro atoms. The lowest BCUT2D eigenvalue weighted by molar-refractivity contribution is 0.794. The summed E-state index contributed by atoms with van der Waals surface area (Å²) in [6, 6.07) is 0. The summed E-state index contributed by atoms with van der Waals surface area (Å²) >= 11 is 5.96. The SMILES string of the molecule is CCC=C(C)CC(Cl)CC. The van der Waals surface area contributed by atoms with Crippen molar-refractivity contribution in [1.82, 2.24) is 0 Å². The molecule has 1 heteroatoms. The second-order valence-electron chi connectivity index (χ2n) is 2.67. The fraction of sp³-hybridized carbons (Fsp3) is 0.778. The van der Waals surface area contributed by atoms with Crippen molar-refractivity contribution in [2.24, 2.45) is 0 Å². The first-order valence-electron chi connectivity index (χ1n) is 4.00. The summed E-state index contributed by atoms with van der Waals surface area (Å²) in [6.07, 6.45) is 5.48. The Hall–Kier alpha value is 0.0300. The van der Waals surface area contributed by atoms with E-state index in [0.717, 1.165) is 19.3 Å². The second kappa shape index (κ2) is 5.79. The molecule has 1 unspecified atom stereocenters. The highest BCUT2D eigenvalue weighted by Crippen LogP contribution is 2.13. The molecule has 0 amide bonds. The minimum absolute atomic E-state index is 0.336. The van der Waals surface area contributed by atoms with Gasteiger partial charge in [-0.25, -0.2) is 0 Å². The van der Waals surface area contributed by atoms with Gasteiger partial charge in [0.25, 0.3) is 0 Å². The Bertz CT molecular complexity index is 105. The minimum atomic E-state index is 0.336. The van der Waals surface area contributed by atoms with Crippen molar-refractivity contribution < 1.29 is 0 Å². The summed E-state index contributed by atoms with van der Waals surface area (Å²) in [4.78, 5) is 0. The number of hydrogen-bond donors (Lipinski definition) is 0. The lowest BCUT2D eigenvalue weighted by atomic mass is 10.1. The molecule has 0 heterocycles. The van der Waals surface area contributed by atoms with Gasteiger partial charge < -0.3 is 0 Å². The van der Waals surface area contributed by atoms with E-state index in [2.05, 4.69) is 26.8 Å². The molecule has 0 N–H and O–H groups in total. The van der Waals surface area contributed by atoms with Crippen LogP contribution < -0.4 is 0 Å². The molecule has 0 fully saturated rings. The largest absolute Gasteiger partial charge is 0.123 e. The van der Waals surface area contributed by atoms with Crippen LogP contribution in [0.1, 0.15) is 40.0 Å². The van der Waals surface area contributed by atoms with Crippen molar-refractivity contribution >= 4 is 11.6 Å². The standard InChI is InChI=1S/C9H17Cl/c1-4-6-8(3)7-9(10)5-2/h6,9H,4-5,7H2,1-3H3. The molecule has 0 radical (unpaired) electrons. The molecule has 0 aliphatic heterocycles. The number of allylic oxidation sites excluding steroid dienone is 2. The van der Waals surface area contributed by atoms with E-state index < -0.39 is 0 Å². The number of rotatable bonds is 4. The summed E-state index contributed by atoms with van der Waals surface area (Å²) in [5, 5.41) is 0.336. The zero-order valence-corrected chi connectivity index (χ0v) is 7.91. The molecule has 10 heavy (non-hydrogen) atoms. The molecular weight excluding hydrogens is 144 g/mol. The Kier molecular flexibility index (Phi) is 5.81. The molecule has 0 saturated heterocycles. The first kappa shape index (κ1) is 10.0. The lowest BCUT2D eigenvalue weighted by Crippen LogP contribution is -1.95. The van der Waals surface area contributed by atoms with Crippen LogP contribution in [-0.2, 0) is 0 Å². The highest BCUT2D eigenvalue weighted by atomic mass is 35.5. The summed E-state index contributed by atoms with van der Waals surface area (Å²) in [6.45, 7) is 6.42. The average Bonchev–Trinajstić information content (AvgIpc) is 1.88. The summed E-state index contributed by atoms with van der Waals surface area (Å²) < 4.78 is 0. The molecule has 60 valence electrons. The van der Waals surface area contributed by atoms with Crippen molar-refractivity contribution in [1.29, 1.82) is 0 Å². The molecule has 0 saturated carbocycles. The maximum absolute atomic E-state index is 5.96. The predicted molar refractivity (Wildman–Crippen MR) is 48.6 cm³/mol. The van der Waals surface area contributed by atoms with E-state index in [4.69, 9.17) is 11.6 Å². The Morgan fingerprint density at radius 3 is 2.50 bits per heavy atom. The second-order valence-corrected chi connectivity index (χ2v) is 3.29. The summed E-state index contributed by atoms with van der Waals surface area (Å²) in [5.74, 6) is 0. The van der Waals surface area contributed by atoms with Gasteiger partial charge in [0, 0.05) is 5.38 Å². The van der Waals surface area contributed by atoms with E-state index in [1.54, 1.807) is 0 Å². The van der Waals surface area contributed by atoms with Gasteiger partial charge in [0.1, 0.15) is 0 Å². The van der Waals surface area contributed by atoms with Gasteiger partial charge >= 0.3 is 0 Å². The Balaban J connectivity index is 3.56. The van der Waals surface area contributed by atoms with Crippen LogP contribution in [0, 0.1) is 0 Å². The number of halogens is 1. The van der Waals surface area contributed by atoms with Crippen molar-refractivity contribution in [2.75, 3.05) is 0 Å². The van der Waals surface area contributed by atoms with E-state index >= 15 is 0 Å². The van der Waals surface area contributed by atoms with E-state index in [1.165, 1.54) is 5.57 Å². The molecule has 0 nitrogen and oxygen atoms in total. The van der Waals surface area contributed by atoms with Gasteiger partial charge in [-0.1, -0.05) is 25.5 Å². The van der Waals surface area contributed by atoms with Gasteiger partial charge in [-0.2, -0.15) is 0 Å². The van der Waals surface area contributed by atoms with Gasteiger partial charge in [0.2, 0.25) is 0 Å². The van der Waals surface area contributed by atoms with Gasteiger partial charge in [-0.05, 0) is 26.2 Å². The third-order valence-electron chi connectivity index (χ3n) is 1.54. The van der Waals surface area contributed by atoms with Crippen LogP contribution >= 0.6 is 11.6 Å². The first-order chi connectivity index (χ1) is 4.70. The maximum atomic E-state index is 5.96. The molecule has 0 rings (SSSR count). The Labute approximate surface area is 69.3 Å². The number of hydrogen-bond acceptors (Lipinski definition) is 0. The quantitative estimate of drug-likeness (QED) is 0.434. The zero-order chi connectivity index (χ0) is 7.98. The van der Waals surface area contributed by atoms with E-state index in [0.29, 0.717) is 5.38 Å². The molecule has 0 aliphatic carbocycles. The van der Waals surface area contributed by atoms with Gasteiger partial charge in [-0.15, -0.1) is 11.6 Å². The topological polar surface area (TPSA) is 0 Å². The van der Waals surface area contributed by atoms with Crippen LogP contribution in [0.25, 0.3) is 0 Å². The Morgan fingerprint density at radius 2 is 2.10 bits per heavy atom. The highest BCUT2D eigenvalue weighted by Gasteiger charge is 2.00. The van der Waals surface area contributed by atoms with Crippen LogP contribution in [0.5, 0.6) is 0 Å². The molecular formula is C9H17Cl. The molecule has 0 aromatic heterocycles. The van der Waals surface area contributed by atoms with E-state index in [9.17, 15) is 0 Å². The van der Waals surface area contributed by atoms with Crippen LogP contribution in [0.2, 0.25) is 0 Å². The first-order valence-corrected chi connectivity index (χ1v) is 4.44. The molecule has 0 aromatic rings. The van der Waals surface area contributed by atoms with E-state index in [-0.39, 0.29) is 0 Å². The van der Waals surface area contributed by atoms with Gasteiger partial charge in [0.05, 0.1) is 0 Å². The third kappa shape index (κ3) is 4.87. The van der Waals surface area contributed by atoms with Gasteiger partial charge in [0.15, 0.2) is 0 Å². The minimum Gasteiger partial charge on any atom is -0.123 e. The number of alkyl halides is 1.